The van der Waals surface area contributed by atoms with Crippen LogP contribution in [-0.4, -0.2) is 25.7 Å². The van der Waals surface area contributed by atoms with Crippen molar-refractivity contribution in [2.75, 3.05) is 5.32 Å². The Bertz CT molecular complexity index is 1030. The zero-order valence-electron chi connectivity index (χ0n) is 16.0. The number of allylic oxidation sites excluding steroid dienone is 1. The molecule has 0 bridgehead atoms. The summed E-state index contributed by atoms with van der Waals surface area (Å²) in [5, 5.41) is 10.6. The number of aryl methyl sites for hydroxylation is 3. The number of aromatic amines is 1. The molecule has 2 aromatic heterocycles. The normalized spacial score (nSPS) is 10.8. The first kappa shape index (κ1) is 20.2. The summed E-state index contributed by atoms with van der Waals surface area (Å²) >= 11 is 6.66. The van der Waals surface area contributed by atoms with Crippen LogP contribution < -0.4 is 5.32 Å². The number of nitrogens with one attached hydrogen (secondary N) is 2. The zero-order valence-corrected chi connectivity index (χ0v) is 17.6. The fourth-order valence-electron chi connectivity index (χ4n) is 2.83. The van der Waals surface area contributed by atoms with Crippen LogP contribution in [0.3, 0.4) is 0 Å². The largest absolute Gasteiger partial charge is 0.302 e. The smallest absolute Gasteiger partial charge is 0.226 e. The van der Waals surface area contributed by atoms with Crippen molar-refractivity contribution < 1.29 is 4.79 Å². The van der Waals surface area contributed by atoms with Gasteiger partial charge in [0, 0.05) is 13.0 Å². The Kier molecular flexibility index (Phi) is 6.53. The van der Waals surface area contributed by atoms with Crippen molar-refractivity contribution in [1.82, 2.24) is 19.7 Å². The van der Waals surface area contributed by atoms with Gasteiger partial charge in [-0.3, -0.25) is 14.5 Å². The maximum atomic E-state index is 12.3. The molecule has 0 spiro atoms. The molecule has 0 unspecified atom stereocenters. The Morgan fingerprint density at radius 2 is 2.07 bits per heavy atom. The third-order valence-electron chi connectivity index (χ3n) is 4.39. The average Bonchev–Trinajstić information content (AvgIpc) is 3.23. The van der Waals surface area contributed by atoms with Gasteiger partial charge in [-0.25, -0.2) is 4.98 Å². The van der Waals surface area contributed by atoms with Crippen molar-refractivity contribution in [3.05, 3.63) is 58.5 Å². The molecule has 1 amide bonds. The lowest BCUT2D eigenvalue weighted by molar-refractivity contribution is -0.116. The maximum Gasteiger partial charge on any atom is 0.226 e. The van der Waals surface area contributed by atoms with E-state index in [0.717, 1.165) is 22.6 Å². The molecule has 8 heteroatoms. The average molecular weight is 414 g/mol. The molecule has 0 aliphatic rings. The molecule has 2 heterocycles. The van der Waals surface area contributed by atoms with Gasteiger partial charge < -0.3 is 5.32 Å². The van der Waals surface area contributed by atoms with Gasteiger partial charge in [0.1, 0.15) is 0 Å². The highest BCUT2D eigenvalue weighted by molar-refractivity contribution is 7.71. The molecule has 1 aromatic carbocycles. The van der Waals surface area contributed by atoms with E-state index in [-0.39, 0.29) is 5.91 Å². The van der Waals surface area contributed by atoms with Crippen LogP contribution in [-0.2, 0) is 24.2 Å². The Morgan fingerprint density at radius 1 is 1.36 bits per heavy atom. The fourth-order valence-corrected chi connectivity index (χ4v) is 4.02. The van der Waals surface area contributed by atoms with Gasteiger partial charge in [-0.1, -0.05) is 48.6 Å². The van der Waals surface area contributed by atoms with E-state index in [1.165, 1.54) is 16.9 Å². The van der Waals surface area contributed by atoms with Gasteiger partial charge in [-0.15, -0.1) is 6.58 Å². The molecular formula is C20H23N5OS2. The van der Waals surface area contributed by atoms with E-state index in [1.807, 2.05) is 11.5 Å². The molecular weight excluding hydrogens is 390 g/mol. The number of amides is 1. The standard InChI is InChI=1S/C20H23N5OS2/c1-4-12-25-18(23-24-20(25)27)17-13(3)21-19(28-17)22-16(26)11-10-15-8-6-14(5-2)7-9-15/h4,6-9H,1,5,10-12H2,2-3H3,(H,24,27)(H,21,22,26). The predicted molar refractivity (Wildman–Crippen MR) is 116 cm³/mol. The van der Waals surface area contributed by atoms with E-state index in [0.29, 0.717) is 35.1 Å². The minimum absolute atomic E-state index is 0.0511. The molecule has 0 fully saturated rings. The van der Waals surface area contributed by atoms with Crippen LogP contribution >= 0.6 is 23.6 Å². The Morgan fingerprint density at radius 3 is 2.75 bits per heavy atom. The molecule has 3 rings (SSSR count). The predicted octanol–water partition coefficient (Wildman–Crippen LogP) is 4.69. The maximum absolute atomic E-state index is 12.3. The van der Waals surface area contributed by atoms with Gasteiger partial charge in [-0.05, 0) is 43.1 Å². The lowest BCUT2D eigenvalue weighted by atomic mass is 10.1. The topological polar surface area (TPSA) is 75.6 Å². The van der Waals surface area contributed by atoms with E-state index in [9.17, 15) is 4.79 Å². The molecule has 0 saturated carbocycles. The van der Waals surface area contributed by atoms with Gasteiger partial charge in [0.05, 0.1) is 10.6 Å². The number of hydrogen-bond acceptors (Lipinski definition) is 5. The molecule has 0 aliphatic heterocycles. The van der Waals surface area contributed by atoms with Gasteiger partial charge in [0.15, 0.2) is 15.7 Å². The van der Waals surface area contributed by atoms with Gasteiger partial charge in [0.2, 0.25) is 5.91 Å². The summed E-state index contributed by atoms with van der Waals surface area (Å²) in [6.07, 6.45) is 3.89. The van der Waals surface area contributed by atoms with Crippen LogP contribution in [0.1, 0.15) is 30.2 Å². The number of carbonyl (C=O) groups excluding carboxylic acids is 1. The van der Waals surface area contributed by atoms with Gasteiger partial charge in [0.25, 0.3) is 0 Å². The molecule has 2 N–H and O–H groups in total. The minimum Gasteiger partial charge on any atom is -0.302 e. The van der Waals surface area contributed by atoms with Gasteiger partial charge >= 0.3 is 0 Å². The third-order valence-corrected chi connectivity index (χ3v) is 5.77. The highest BCUT2D eigenvalue weighted by atomic mass is 32.1. The summed E-state index contributed by atoms with van der Waals surface area (Å²) in [6, 6.07) is 8.39. The Labute approximate surface area is 173 Å². The first-order valence-corrected chi connectivity index (χ1v) is 10.4. The first-order valence-electron chi connectivity index (χ1n) is 9.13. The van der Waals surface area contributed by atoms with Crippen LogP contribution in [0.5, 0.6) is 0 Å². The fraction of sp³-hybridized carbons (Fsp3) is 0.300. The lowest BCUT2D eigenvalue weighted by Crippen LogP contribution is -2.12. The highest BCUT2D eigenvalue weighted by Crippen LogP contribution is 2.31. The lowest BCUT2D eigenvalue weighted by Gasteiger charge is -2.03. The van der Waals surface area contributed by atoms with Crippen molar-refractivity contribution in [3.63, 3.8) is 0 Å². The van der Waals surface area contributed by atoms with E-state index < -0.39 is 0 Å². The van der Waals surface area contributed by atoms with E-state index in [4.69, 9.17) is 12.2 Å². The zero-order chi connectivity index (χ0) is 20.1. The molecule has 0 atom stereocenters. The van der Waals surface area contributed by atoms with Crippen molar-refractivity contribution in [2.45, 2.75) is 39.7 Å². The number of anilines is 1. The monoisotopic (exact) mass is 413 g/mol. The summed E-state index contributed by atoms with van der Waals surface area (Å²) in [5.41, 5.74) is 3.26. The highest BCUT2D eigenvalue weighted by Gasteiger charge is 2.17. The molecule has 28 heavy (non-hydrogen) atoms. The van der Waals surface area contributed by atoms with Crippen molar-refractivity contribution in [1.29, 1.82) is 0 Å². The van der Waals surface area contributed by atoms with E-state index in [2.05, 4.69) is 58.3 Å². The molecule has 0 radical (unpaired) electrons. The quantitative estimate of drug-likeness (QED) is 0.415. The number of rotatable bonds is 8. The van der Waals surface area contributed by atoms with E-state index in [1.54, 1.807) is 6.08 Å². The number of carbonyl (C=O) groups is 1. The minimum atomic E-state index is -0.0511. The number of nitrogens with zero attached hydrogens (tertiary/aromatic N) is 3. The third kappa shape index (κ3) is 4.63. The summed E-state index contributed by atoms with van der Waals surface area (Å²) in [6.45, 7) is 8.34. The number of thiazole rings is 1. The molecule has 146 valence electrons. The number of H-pyrrole nitrogens is 1. The molecule has 3 aromatic rings. The Hall–Kier alpha value is -2.58. The van der Waals surface area contributed by atoms with Crippen molar-refractivity contribution in [3.8, 4) is 10.7 Å². The first-order chi connectivity index (χ1) is 13.5. The van der Waals surface area contributed by atoms with Crippen molar-refractivity contribution >= 4 is 34.6 Å². The van der Waals surface area contributed by atoms with Crippen molar-refractivity contribution in [2.24, 2.45) is 0 Å². The Balaban J connectivity index is 1.66. The molecule has 6 nitrogen and oxygen atoms in total. The second kappa shape index (κ2) is 9.07. The number of aromatic nitrogens is 4. The summed E-state index contributed by atoms with van der Waals surface area (Å²) in [7, 11) is 0. The SMILES string of the molecule is C=CCn1c(-c2sc(NC(=O)CCc3ccc(CC)cc3)nc2C)n[nH]c1=S. The van der Waals surface area contributed by atoms with Crippen LogP contribution in [0.15, 0.2) is 36.9 Å². The van der Waals surface area contributed by atoms with Crippen LogP contribution in [0.25, 0.3) is 10.7 Å². The van der Waals surface area contributed by atoms with E-state index >= 15 is 0 Å². The summed E-state index contributed by atoms with van der Waals surface area (Å²) < 4.78 is 2.39. The molecule has 0 aliphatic carbocycles. The van der Waals surface area contributed by atoms with Gasteiger partial charge in [-0.2, -0.15) is 5.10 Å². The number of hydrogen-bond donors (Lipinski definition) is 2. The summed E-state index contributed by atoms with van der Waals surface area (Å²) in [4.78, 5) is 17.7. The van der Waals surface area contributed by atoms with Crippen LogP contribution in [0, 0.1) is 11.7 Å². The second-order valence-electron chi connectivity index (χ2n) is 6.40. The van der Waals surface area contributed by atoms with Crippen LogP contribution in [0.4, 0.5) is 5.13 Å². The summed E-state index contributed by atoms with van der Waals surface area (Å²) in [5.74, 6) is 0.654. The second-order valence-corrected chi connectivity index (χ2v) is 7.79. The molecule has 0 saturated heterocycles. The van der Waals surface area contributed by atoms with Crippen LogP contribution in [0.2, 0.25) is 0 Å². The number of benzene rings is 1.